The molecule has 28 heavy (non-hydrogen) atoms. The minimum Gasteiger partial charge on any atom is -0.488 e. The molecule has 0 saturated carbocycles. The van der Waals surface area contributed by atoms with Crippen molar-refractivity contribution >= 4 is 34.8 Å². The number of amides is 2. The van der Waals surface area contributed by atoms with Gasteiger partial charge < -0.3 is 15.0 Å². The number of likely N-dealkylation sites (tertiary alicyclic amines) is 1. The number of carbonyl (C=O) groups excluding carboxylic acids is 1. The van der Waals surface area contributed by atoms with Gasteiger partial charge >= 0.3 is 6.03 Å². The Hall–Kier alpha value is -2.58. The fourth-order valence-corrected chi connectivity index (χ4v) is 4.72. The normalized spacial score (nSPS) is 16.2. The van der Waals surface area contributed by atoms with Crippen LogP contribution in [0.3, 0.4) is 0 Å². The molecular formula is C20H20N4O2S2. The molecule has 3 aromatic rings. The molecule has 8 heteroatoms. The average Bonchev–Trinajstić information content (AvgIpc) is 3.33. The zero-order valence-corrected chi connectivity index (χ0v) is 17.0. The highest BCUT2D eigenvalue weighted by Gasteiger charge is 2.27. The third kappa shape index (κ3) is 4.82. The summed E-state index contributed by atoms with van der Waals surface area (Å²) in [5, 5.41) is 5.00. The molecular weight excluding hydrogens is 392 g/mol. The minimum atomic E-state index is -0.100. The third-order valence-electron chi connectivity index (χ3n) is 4.29. The van der Waals surface area contributed by atoms with Crippen LogP contribution in [0.2, 0.25) is 0 Å². The molecule has 1 aliphatic heterocycles. The molecule has 144 valence electrons. The van der Waals surface area contributed by atoms with Crippen LogP contribution in [-0.2, 0) is 0 Å². The van der Waals surface area contributed by atoms with E-state index in [0.717, 1.165) is 32.8 Å². The van der Waals surface area contributed by atoms with Crippen LogP contribution in [0.25, 0.3) is 0 Å². The van der Waals surface area contributed by atoms with Gasteiger partial charge in [0.1, 0.15) is 11.9 Å². The summed E-state index contributed by atoms with van der Waals surface area (Å²) in [6.45, 7) is 3.24. The van der Waals surface area contributed by atoms with Crippen LogP contribution in [0.1, 0.15) is 12.1 Å². The molecule has 4 rings (SSSR count). The maximum Gasteiger partial charge on any atom is 0.321 e. The summed E-state index contributed by atoms with van der Waals surface area (Å²) in [5.41, 5.74) is 1.82. The Morgan fingerprint density at radius 2 is 2.04 bits per heavy atom. The van der Waals surface area contributed by atoms with Gasteiger partial charge in [0.15, 0.2) is 4.34 Å². The summed E-state index contributed by atoms with van der Waals surface area (Å²) >= 11 is 3.26. The molecule has 0 bridgehead atoms. The van der Waals surface area contributed by atoms with Gasteiger partial charge in [0.25, 0.3) is 0 Å². The lowest BCUT2D eigenvalue weighted by Gasteiger charge is -2.18. The number of aryl methyl sites for hydroxylation is 1. The minimum absolute atomic E-state index is 0.00804. The Kier molecular flexibility index (Phi) is 5.78. The first kappa shape index (κ1) is 18.8. The number of pyridine rings is 1. The predicted octanol–water partition coefficient (Wildman–Crippen LogP) is 4.68. The summed E-state index contributed by atoms with van der Waals surface area (Å²) in [5.74, 6) is 0.783. The van der Waals surface area contributed by atoms with Gasteiger partial charge in [0.05, 0.1) is 6.54 Å². The molecule has 3 heterocycles. The Balaban J connectivity index is 1.29. The number of aromatic nitrogens is 2. The average molecular weight is 413 g/mol. The van der Waals surface area contributed by atoms with Gasteiger partial charge in [0.2, 0.25) is 0 Å². The molecule has 1 fully saturated rings. The van der Waals surface area contributed by atoms with E-state index in [-0.39, 0.29) is 12.1 Å². The molecule has 1 atom stereocenters. The van der Waals surface area contributed by atoms with Gasteiger partial charge in [-0.25, -0.2) is 9.78 Å². The zero-order chi connectivity index (χ0) is 19.3. The second kappa shape index (κ2) is 8.62. The first-order chi connectivity index (χ1) is 13.7. The van der Waals surface area contributed by atoms with Gasteiger partial charge in [-0.1, -0.05) is 11.8 Å². The molecule has 6 nitrogen and oxygen atoms in total. The summed E-state index contributed by atoms with van der Waals surface area (Å²) in [4.78, 5) is 23.8. The number of ether oxygens (including phenoxy) is 1. The van der Waals surface area contributed by atoms with Crippen LogP contribution in [-0.4, -0.2) is 40.1 Å². The number of nitrogens with one attached hydrogen (secondary N) is 1. The van der Waals surface area contributed by atoms with E-state index in [9.17, 15) is 4.79 Å². The van der Waals surface area contributed by atoms with Crippen molar-refractivity contribution in [2.45, 2.75) is 28.7 Å². The lowest BCUT2D eigenvalue weighted by atomic mass is 10.3. The third-order valence-corrected chi connectivity index (χ3v) is 6.36. The maximum atomic E-state index is 12.5. The van der Waals surface area contributed by atoms with Crippen molar-refractivity contribution in [3.63, 3.8) is 0 Å². The van der Waals surface area contributed by atoms with Crippen LogP contribution >= 0.6 is 23.1 Å². The van der Waals surface area contributed by atoms with Crippen molar-refractivity contribution in [3.05, 3.63) is 59.9 Å². The Bertz CT molecular complexity index is 931. The quantitative estimate of drug-likeness (QED) is 0.659. The molecule has 1 aliphatic rings. The largest absolute Gasteiger partial charge is 0.488 e. The van der Waals surface area contributed by atoms with E-state index in [0.29, 0.717) is 13.1 Å². The van der Waals surface area contributed by atoms with Gasteiger partial charge in [0, 0.05) is 47.0 Å². The van der Waals surface area contributed by atoms with Gasteiger partial charge in [-0.15, -0.1) is 11.3 Å². The number of rotatable bonds is 5. The van der Waals surface area contributed by atoms with E-state index in [2.05, 4.69) is 15.3 Å². The van der Waals surface area contributed by atoms with E-state index in [1.165, 1.54) is 0 Å². The Labute approximate surface area is 172 Å². The van der Waals surface area contributed by atoms with Crippen molar-refractivity contribution in [3.8, 4) is 5.75 Å². The highest BCUT2D eigenvalue weighted by atomic mass is 32.2. The summed E-state index contributed by atoms with van der Waals surface area (Å²) < 4.78 is 6.93. The molecule has 1 N–H and O–H groups in total. The molecule has 0 radical (unpaired) electrons. The van der Waals surface area contributed by atoms with Crippen LogP contribution in [0.5, 0.6) is 5.75 Å². The molecule has 1 saturated heterocycles. The van der Waals surface area contributed by atoms with Crippen molar-refractivity contribution in [1.29, 1.82) is 0 Å². The van der Waals surface area contributed by atoms with Gasteiger partial charge in [-0.05, 0) is 43.3 Å². The number of carbonyl (C=O) groups is 1. The van der Waals surface area contributed by atoms with Crippen LogP contribution in [0.4, 0.5) is 10.5 Å². The number of benzene rings is 1. The number of urea groups is 1. The number of anilines is 1. The van der Waals surface area contributed by atoms with Crippen molar-refractivity contribution in [2.75, 3.05) is 18.4 Å². The monoisotopic (exact) mass is 412 g/mol. The second-order valence-corrected chi connectivity index (χ2v) is 8.65. The highest BCUT2D eigenvalue weighted by Crippen LogP contribution is 2.31. The van der Waals surface area contributed by atoms with Gasteiger partial charge in [-0.3, -0.25) is 4.98 Å². The molecule has 1 aromatic carbocycles. The molecule has 0 aliphatic carbocycles. The first-order valence-corrected chi connectivity index (χ1v) is 10.7. The van der Waals surface area contributed by atoms with Crippen LogP contribution < -0.4 is 10.1 Å². The molecule has 0 spiro atoms. The van der Waals surface area contributed by atoms with E-state index in [1.807, 2.05) is 48.7 Å². The fraction of sp³-hybridized carbons (Fsp3) is 0.250. The standard InChI is InChI=1S/C20H20N4O2S2/c1-14-13-27-20(22-14)28-18-4-2-15(3-5-18)23-19(25)24-11-8-17(12-24)26-16-6-9-21-10-7-16/h2-7,9-10,13,17H,8,11-12H2,1H3,(H,23,25). The van der Waals surface area contributed by atoms with E-state index in [1.54, 1.807) is 40.4 Å². The Morgan fingerprint density at radius 1 is 1.25 bits per heavy atom. The summed E-state index contributed by atoms with van der Waals surface area (Å²) in [6, 6.07) is 11.4. The highest BCUT2D eigenvalue weighted by molar-refractivity contribution is 8.01. The predicted molar refractivity (Wildman–Crippen MR) is 111 cm³/mol. The van der Waals surface area contributed by atoms with Crippen molar-refractivity contribution in [1.82, 2.24) is 14.9 Å². The second-order valence-electron chi connectivity index (χ2n) is 6.47. The van der Waals surface area contributed by atoms with Gasteiger partial charge in [-0.2, -0.15) is 0 Å². The SMILES string of the molecule is Cc1csc(Sc2ccc(NC(=O)N3CCC(Oc4ccncc4)C3)cc2)n1. The van der Waals surface area contributed by atoms with Crippen LogP contribution in [0, 0.1) is 6.92 Å². The van der Waals surface area contributed by atoms with E-state index in [4.69, 9.17) is 4.74 Å². The number of hydrogen-bond acceptors (Lipinski definition) is 6. The molecule has 2 amide bonds. The summed E-state index contributed by atoms with van der Waals surface area (Å²) in [7, 11) is 0. The maximum absolute atomic E-state index is 12.5. The smallest absolute Gasteiger partial charge is 0.321 e. The topological polar surface area (TPSA) is 67.4 Å². The number of hydrogen-bond donors (Lipinski definition) is 1. The number of thiazole rings is 1. The first-order valence-electron chi connectivity index (χ1n) is 8.98. The van der Waals surface area contributed by atoms with E-state index >= 15 is 0 Å². The van der Waals surface area contributed by atoms with E-state index < -0.39 is 0 Å². The van der Waals surface area contributed by atoms with Crippen molar-refractivity contribution < 1.29 is 9.53 Å². The Morgan fingerprint density at radius 3 is 2.75 bits per heavy atom. The summed E-state index contributed by atoms with van der Waals surface area (Å²) in [6.07, 6.45) is 4.23. The molecule has 1 unspecified atom stereocenters. The number of nitrogens with zero attached hydrogens (tertiary/aromatic N) is 3. The lowest BCUT2D eigenvalue weighted by molar-refractivity contribution is 0.194. The zero-order valence-electron chi connectivity index (χ0n) is 15.4. The lowest BCUT2D eigenvalue weighted by Crippen LogP contribution is -2.34. The fourth-order valence-electron chi connectivity index (χ4n) is 2.91. The van der Waals surface area contributed by atoms with Crippen molar-refractivity contribution in [2.24, 2.45) is 0 Å². The van der Waals surface area contributed by atoms with Crippen LogP contribution in [0.15, 0.2) is 63.4 Å². The molecule has 2 aromatic heterocycles.